The van der Waals surface area contributed by atoms with Crippen LogP contribution in [0.1, 0.15) is 5.56 Å². The van der Waals surface area contributed by atoms with Gasteiger partial charge in [0.1, 0.15) is 6.61 Å². The smallest absolute Gasteiger partial charge is 0.257 e. The summed E-state index contributed by atoms with van der Waals surface area (Å²) < 4.78 is 25.6. The molecule has 0 saturated carbocycles. The summed E-state index contributed by atoms with van der Waals surface area (Å²) in [6, 6.07) is 6.91. The van der Waals surface area contributed by atoms with Gasteiger partial charge >= 0.3 is 0 Å². The highest BCUT2D eigenvalue weighted by Gasteiger charge is 1.97. The van der Waals surface area contributed by atoms with E-state index in [0.29, 0.717) is 5.02 Å². The van der Waals surface area contributed by atoms with Gasteiger partial charge in [0.25, 0.3) is 10.1 Å². The van der Waals surface area contributed by atoms with E-state index in [9.17, 15) is 8.42 Å². The zero-order valence-corrected chi connectivity index (χ0v) is 9.60. The molecule has 80 valence electrons. The minimum Gasteiger partial charge on any atom is -0.257 e. The van der Waals surface area contributed by atoms with Crippen molar-refractivity contribution in [3.05, 3.63) is 34.9 Å². The van der Waals surface area contributed by atoms with E-state index >= 15 is 0 Å². The summed E-state index contributed by atoms with van der Waals surface area (Å²) in [4.78, 5) is 0. The fraction of sp³-hybridized carbons (Fsp3) is 0.200. The molecule has 0 amide bonds. The van der Waals surface area contributed by atoms with Gasteiger partial charge in [-0.1, -0.05) is 23.4 Å². The Morgan fingerprint density at radius 3 is 2.47 bits per heavy atom. The summed E-state index contributed by atoms with van der Waals surface area (Å²) in [5.41, 5.74) is 0.761. The van der Waals surface area contributed by atoms with Gasteiger partial charge in [0.2, 0.25) is 0 Å². The van der Waals surface area contributed by atoms with Crippen LogP contribution in [0.3, 0.4) is 0 Å². The molecule has 0 unspecified atom stereocenters. The second-order valence-electron chi connectivity index (χ2n) is 2.77. The predicted octanol–water partition coefficient (Wildman–Crippen LogP) is 1.67. The lowest BCUT2D eigenvalue weighted by Crippen LogP contribution is -2.02. The lowest BCUT2D eigenvalue weighted by molar-refractivity contribution is 0.368. The molecule has 0 heterocycles. The number of halogens is 1. The Labute approximate surface area is 94.1 Å². The fourth-order valence-electron chi connectivity index (χ4n) is 0.808. The van der Waals surface area contributed by atoms with Crippen molar-refractivity contribution in [3.8, 4) is 11.8 Å². The van der Waals surface area contributed by atoms with Crippen LogP contribution in [-0.2, 0) is 14.3 Å². The van der Waals surface area contributed by atoms with Gasteiger partial charge in [0.15, 0.2) is 0 Å². The molecule has 1 rings (SSSR count). The van der Waals surface area contributed by atoms with Crippen LogP contribution in [0.5, 0.6) is 0 Å². The van der Waals surface area contributed by atoms with E-state index in [1.165, 1.54) is 0 Å². The number of rotatable bonds is 2. The zero-order valence-electron chi connectivity index (χ0n) is 8.03. The van der Waals surface area contributed by atoms with E-state index in [0.717, 1.165) is 11.8 Å². The Balaban J connectivity index is 2.56. The van der Waals surface area contributed by atoms with Crippen LogP contribution in [0.4, 0.5) is 0 Å². The topological polar surface area (TPSA) is 43.4 Å². The summed E-state index contributed by atoms with van der Waals surface area (Å²) in [7, 11) is -3.41. The van der Waals surface area contributed by atoms with Crippen molar-refractivity contribution >= 4 is 21.7 Å². The van der Waals surface area contributed by atoms with Crippen molar-refractivity contribution in [2.45, 2.75) is 0 Å². The maximum Gasteiger partial charge on any atom is 0.265 e. The highest BCUT2D eigenvalue weighted by molar-refractivity contribution is 7.85. The largest absolute Gasteiger partial charge is 0.265 e. The Hall–Kier alpha value is -1.02. The number of hydrogen-bond acceptors (Lipinski definition) is 3. The van der Waals surface area contributed by atoms with E-state index in [1.807, 2.05) is 0 Å². The van der Waals surface area contributed by atoms with Gasteiger partial charge in [-0.3, -0.25) is 4.18 Å². The van der Waals surface area contributed by atoms with Gasteiger partial charge in [-0.25, -0.2) is 0 Å². The first-order valence-electron chi connectivity index (χ1n) is 4.06. The summed E-state index contributed by atoms with van der Waals surface area (Å²) in [5.74, 6) is 5.33. The second kappa shape index (κ2) is 5.17. The fourth-order valence-corrected chi connectivity index (χ4v) is 1.21. The molecule has 0 aliphatic carbocycles. The zero-order chi connectivity index (χ0) is 11.3. The Bertz CT molecular complexity index is 480. The molecule has 0 bridgehead atoms. The summed E-state index contributed by atoms with van der Waals surface area (Å²) in [5, 5.41) is 0.632. The van der Waals surface area contributed by atoms with Crippen LogP contribution < -0.4 is 0 Å². The highest BCUT2D eigenvalue weighted by atomic mass is 35.5. The summed E-state index contributed by atoms with van der Waals surface area (Å²) in [6.07, 6.45) is 0.983. The average Bonchev–Trinajstić information content (AvgIpc) is 2.14. The molecule has 0 radical (unpaired) electrons. The van der Waals surface area contributed by atoms with Crippen molar-refractivity contribution in [1.82, 2.24) is 0 Å². The van der Waals surface area contributed by atoms with Crippen molar-refractivity contribution in [1.29, 1.82) is 0 Å². The Morgan fingerprint density at radius 1 is 1.33 bits per heavy atom. The third-order valence-electron chi connectivity index (χ3n) is 1.42. The molecule has 15 heavy (non-hydrogen) atoms. The lowest BCUT2D eigenvalue weighted by Gasteiger charge is -1.92. The van der Waals surface area contributed by atoms with Gasteiger partial charge in [-0.05, 0) is 24.3 Å². The molecule has 0 N–H and O–H groups in total. The van der Waals surface area contributed by atoms with E-state index in [-0.39, 0.29) is 6.61 Å². The summed E-state index contributed by atoms with van der Waals surface area (Å²) in [6.45, 7) is -0.137. The molecule has 1 aromatic rings. The van der Waals surface area contributed by atoms with Gasteiger partial charge in [-0.2, -0.15) is 8.42 Å². The maximum atomic E-state index is 10.6. The molecule has 0 fully saturated rings. The SMILES string of the molecule is CS(=O)(=O)OCC#Cc1ccc(Cl)cc1. The lowest BCUT2D eigenvalue weighted by atomic mass is 10.2. The van der Waals surface area contributed by atoms with Gasteiger partial charge in [0.05, 0.1) is 6.26 Å². The molecule has 0 atom stereocenters. The van der Waals surface area contributed by atoms with Crippen molar-refractivity contribution in [2.24, 2.45) is 0 Å². The third-order valence-corrected chi connectivity index (χ3v) is 2.22. The van der Waals surface area contributed by atoms with Crippen LogP contribution in [0.2, 0.25) is 5.02 Å². The van der Waals surface area contributed by atoms with Crippen LogP contribution in [0.15, 0.2) is 24.3 Å². The van der Waals surface area contributed by atoms with Crippen LogP contribution in [-0.4, -0.2) is 21.3 Å². The molecule has 1 aromatic carbocycles. The highest BCUT2D eigenvalue weighted by Crippen LogP contribution is 2.08. The molecular weight excluding hydrogens is 236 g/mol. The molecule has 3 nitrogen and oxygen atoms in total. The Kier molecular flexibility index (Phi) is 4.15. The van der Waals surface area contributed by atoms with Crippen molar-refractivity contribution in [2.75, 3.05) is 12.9 Å². The van der Waals surface area contributed by atoms with E-state index in [2.05, 4.69) is 16.0 Å². The minimum atomic E-state index is -3.41. The number of hydrogen-bond donors (Lipinski definition) is 0. The molecular formula is C10H9ClO3S. The van der Waals surface area contributed by atoms with Crippen LogP contribution in [0.25, 0.3) is 0 Å². The quantitative estimate of drug-likeness (QED) is 0.587. The first-order chi connectivity index (χ1) is 6.97. The molecule has 0 saturated heterocycles. The minimum absolute atomic E-state index is 0.137. The molecule has 0 aliphatic rings. The van der Waals surface area contributed by atoms with Crippen molar-refractivity contribution in [3.63, 3.8) is 0 Å². The van der Waals surface area contributed by atoms with Gasteiger partial charge < -0.3 is 0 Å². The van der Waals surface area contributed by atoms with E-state index in [1.54, 1.807) is 24.3 Å². The first-order valence-corrected chi connectivity index (χ1v) is 6.26. The molecule has 0 aliphatic heterocycles. The predicted molar refractivity (Wildman–Crippen MR) is 59.1 cm³/mol. The maximum absolute atomic E-state index is 10.6. The summed E-state index contributed by atoms with van der Waals surface area (Å²) >= 11 is 5.68. The third kappa shape index (κ3) is 5.43. The standard InChI is InChI=1S/C10H9ClO3S/c1-15(12,13)14-8-2-3-9-4-6-10(11)7-5-9/h4-7H,8H2,1H3. The Morgan fingerprint density at radius 2 is 1.93 bits per heavy atom. The molecule has 0 aromatic heterocycles. The first kappa shape index (κ1) is 12.1. The average molecular weight is 245 g/mol. The monoisotopic (exact) mass is 244 g/mol. The van der Waals surface area contributed by atoms with E-state index < -0.39 is 10.1 Å². The van der Waals surface area contributed by atoms with Crippen LogP contribution >= 0.6 is 11.6 Å². The molecule has 0 spiro atoms. The molecule has 5 heteroatoms. The van der Waals surface area contributed by atoms with Gasteiger partial charge in [-0.15, -0.1) is 0 Å². The normalized spacial score (nSPS) is 10.5. The second-order valence-corrected chi connectivity index (χ2v) is 4.86. The van der Waals surface area contributed by atoms with Gasteiger partial charge in [0, 0.05) is 10.6 Å². The van der Waals surface area contributed by atoms with E-state index in [4.69, 9.17) is 11.6 Å². The number of benzene rings is 1. The van der Waals surface area contributed by atoms with Crippen LogP contribution in [0, 0.1) is 11.8 Å². The van der Waals surface area contributed by atoms with Crippen molar-refractivity contribution < 1.29 is 12.6 Å².